The molecule has 1 unspecified atom stereocenters. The van der Waals surface area contributed by atoms with Crippen molar-refractivity contribution in [3.05, 3.63) is 55.9 Å². The Morgan fingerprint density at radius 1 is 1.16 bits per heavy atom. The van der Waals surface area contributed by atoms with Crippen LogP contribution in [-0.2, 0) is 37.0 Å². The average molecular weight is 758 g/mol. The first kappa shape index (κ1) is 34.6. The molecule has 4 aliphatic heterocycles. The predicted octanol–water partition coefficient (Wildman–Crippen LogP) is 5.34. The van der Waals surface area contributed by atoms with Gasteiger partial charge in [-0.25, -0.2) is 0 Å². The Balaban J connectivity index is 1.28. The summed E-state index contributed by atoms with van der Waals surface area (Å²) >= 11 is 3.64. The van der Waals surface area contributed by atoms with E-state index in [9.17, 15) is 18.0 Å². The number of carbonyl (C=O) groups is 1. The van der Waals surface area contributed by atoms with Crippen LogP contribution in [0, 0.1) is 11.8 Å². The van der Waals surface area contributed by atoms with Gasteiger partial charge >= 0.3 is 12.2 Å². The highest BCUT2D eigenvalue weighted by atomic mass is 79.9. The van der Waals surface area contributed by atoms with Gasteiger partial charge < -0.3 is 25.0 Å². The van der Waals surface area contributed by atoms with Crippen LogP contribution >= 0.6 is 15.9 Å². The van der Waals surface area contributed by atoms with Crippen molar-refractivity contribution >= 4 is 33.3 Å². The quantitative estimate of drug-likeness (QED) is 0.263. The Labute approximate surface area is 297 Å². The summed E-state index contributed by atoms with van der Waals surface area (Å²) in [6, 6.07) is 2.77. The van der Waals surface area contributed by atoms with Crippen molar-refractivity contribution in [1.29, 1.82) is 0 Å². The molecule has 0 saturated carbocycles. The summed E-state index contributed by atoms with van der Waals surface area (Å²) < 4.78 is 58.9. The lowest BCUT2D eigenvalue weighted by Gasteiger charge is -2.33. The number of rotatable bonds is 6. The molecule has 1 aromatic carbocycles. The van der Waals surface area contributed by atoms with E-state index < -0.39 is 17.8 Å². The zero-order chi connectivity index (χ0) is 35.4. The molecule has 0 bridgehead atoms. The SMILES string of the molecule is CC#Cc1cc(N)cc(C2Cc3nc(OCC45CCCN4CCC5)nc(N4CCCn5nc(C(=O)N(C)C)c(Br)c5C4)c3CO2)c1C(F)(F)F. The van der Waals surface area contributed by atoms with Crippen molar-refractivity contribution in [1.82, 2.24) is 29.5 Å². The van der Waals surface area contributed by atoms with E-state index in [1.165, 1.54) is 24.0 Å². The molecule has 3 aromatic rings. The van der Waals surface area contributed by atoms with Gasteiger partial charge in [-0.2, -0.15) is 28.2 Å². The standard InChI is InChI=1S/C35H40BrF3N8O3/c1-4-8-21-15-22(40)16-23(28(21)35(37,38)39)27-17-25-24(19-49-27)31(42-33(41-25)50-20-34-9-5-12-46(34)13-6-10-34)45-11-7-14-47-26(18-45)29(36)30(43-47)32(48)44(2)3/h15-16,27H,5-7,9-14,17-20,40H2,1-3H3. The molecular formula is C35H40BrF3N8O3. The van der Waals surface area contributed by atoms with Gasteiger partial charge in [-0.1, -0.05) is 5.92 Å². The fourth-order valence-electron chi connectivity index (χ4n) is 7.92. The summed E-state index contributed by atoms with van der Waals surface area (Å²) in [5.41, 5.74) is 7.52. The predicted molar refractivity (Wildman–Crippen MR) is 184 cm³/mol. The number of amides is 1. The molecule has 50 heavy (non-hydrogen) atoms. The Morgan fingerprint density at radius 2 is 1.92 bits per heavy atom. The molecule has 0 aliphatic carbocycles. The summed E-state index contributed by atoms with van der Waals surface area (Å²) in [7, 11) is 3.37. The van der Waals surface area contributed by atoms with Crippen LogP contribution in [0.2, 0.25) is 0 Å². The molecule has 15 heteroatoms. The van der Waals surface area contributed by atoms with E-state index in [1.54, 1.807) is 14.1 Å². The number of nitrogens with zero attached hydrogens (tertiary/aromatic N) is 7. The van der Waals surface area contributed by atoms with Crippen molar-refractivity contribution in [2.24, 2.45) is 0 Å². The first-order valence-corrected chi connectivity index (χ1v) is 17.7. The number of nitrogens with two attached hydrogens (primary N) is 1. The van der Waals surface area contributed by atoms with Crippen LogP contribution < -0.4 is 15.4 Å². The number of alkyl halides is 3. The molecule has 7 rings (SSSR count). The first-order valence-electron chi connectivity index (χ1n) is 16.9. The maximum absolute atomic E-state index is 14.6. The second-order valence-corrected chi connectivity index (χ2v) is 14.5. The molecule has 2 N–H and O–H groups in total. The fraction of sp³-hybridized carbons (Fsp3) is 0.543. The highest BCUT2D eigenvalue weighted by Crippen LogP contribution is 2.44. The molecule has 1 atom stereocenters. The number of nitrogen functional groups attached to an aromatic ring is 1. The number of aromatic nitrogens is 4. The van der Waals surface area contributed by atoms with Crippen molar-refractivity contribution in [3.63, 3.8) is 0 Å². The monoisotopic (exact) mass is 756 g/mol. The molecular weight excluding hydrogens is 717 g/mol. The summed E-state index contributed by atoms with van der Waals surface area (Å²) in [5, 5.41) is 4.62. The molecule has 4 aliphatic rings. The summed E-state index contributed by atoms with van der Waals surface area (Å²) in [6.45, 7) is 5.58. The number of ether oxygens (including phenoxy) is 2. The maximum Gasteiger partial charge on any atom is 0.417 e. The van der Waals surface area contributed by atoms with Gasteiger partial charge in [0.2, 0.25) is 0 Å². The number of carbonyl (C=O) groups excluding carboxylic acids is 1. The third-order valence-corrected chi connectivity index (χ3v) is 11.1. The van der Waals surface area contributed by atoms with E-state index in [0.29, 0.717) is 59.9 Å². The first-order chi connectivity index (χ1) is 23.9. The second-order valence-electron chi connectivity index (χ2n) is 13.7. The van der Waals surface area contributed by atoms with E-state index in [4.69, 9.17) is 25.2 Å². The minimum absolute atomic E-state index is 0.0183. The van der Waals surface area contributed by atoms with E-state index in [2.05, 4.69) is 42.7 Å². The Morgan fingerprint density at radius 3 is 2.62 bits per heavy atom. The van der Waals surface area contributed by atoms with Gasteiger partial charge in [0.25, 0.3) is 5.91 Å². The smallest absolute Gasteiger partial charge is 0.417 e. The Hall–Kier alpha value is -3.87. The Bertz CT molecular complexity index is 1870. The van der Waals surface area contributed by atoms with Gasteiger partial charge in [-0.05, 0) is 85.7 Å². The molecule has 0 radical (unpaired) electrons. The minimum atomic E-state index is -4.68. The normalized spacial score (nSPS) is 20.0. The van der Waals surface area contributed by atoms with Gasteiger partial charge in [0.1, 0.15) is 12.4 Å². The molecule has 11 nitrogen and oxygen atoms in total. The molecule has 0 spiro atoms. The van der Waals surface area contributed by atoms with E-state index in [-0.39, 0.29) is 47.3 Å². The molecule has 266 valence electrons. The number of halogens is 4. The van der Waals surface area contributed by atoms with Crippen molar-refractivity contribution in [2.45, 2.75) is 83.0 Å². The summed E-state index contributed by atoms with van der Waals surface area (Å²) in [5.74, 6) is 5.55. The average Bonchev–Trinajstić information content (AvgIpc) is 3.69. The van der Waals surface area contributed by atoms with Crippen LogP contribution in [0.5, 0.6) is 6.01 Å². The highest BCUT2D eigenvalue weighted by Gasteiger charge is 2.45. The number of anilines is 2. The van der Waals surface area contributed by atoms with Gasteiger partial charge in [0, 0.05) is 50.4 Å². The summed E-state index contributed by atoms with van der Waals surface area (Å²) in [4.78, 5) is 28.8. The van der Waals surface area contributed by atoms with Crippen LogP contribution in [0.1, 0.15) is 89.3 Å². The molecule has 2 fully saturated rings. The zero-order valence-corrected chi connectivity index (χ0v) is 30.0. The topological polar surface area (TPSA) is 115 Å². The molecule has 1 amide bonds. The van der Waals surface area contributed by atoms with Gasteiger partial charge in [-0.3, -0.25) is 14.4 Å². The largest absolute Gasteiger partial charge is 0.461 e. The lowest BCUT2D eigenvalue weighted by atomic mass is 9.91. The fourth-order valence-corrected chi connectivity index (χ4v) is 8.50. The third-order valence-electron chi connectivity index (χ3n) is 10.3. The molecule has 2 aromatic heterocycles. The summed E-state index contributed by atoms with van der Waals surface area (Å²) in [6.07, 6.45) is -0.588. The van der Waals surface area contributed by atoms with Crippen LogP contribution in [-0.4, -0.2) is 81.3 Å². The number of hydrogen-bond acceptors (Lipinski definition) is 9. The van der Waals surface area contributed by atoms with Crippen LogP contribution in [0.25, 0.3) is 0 Å². The maximum atomic E-state index is 14.6. The van der Waals surface area contributed by atoms with Gasteiger partial charge in [-0.15, -0.1) is 5.92 Å². The number of benzene rings is 1. The number of aryl methyl sites for hydroxylation is 1. The van der Waals surface area contributed by atoms with E-state index >= 15 is 0 Å². The Kier molecular flexibility index (Phi) is 9.23. The number of hydrogen-bond donors (Lipinski definition) is 1. The molecule has 6 heterocycles. The molecule has 2 saturated heterocycles. The van der Waals surface area contributed by atoms with Gasteiger partial charge in [0.15, 0.2) is 5.69 Å². The third kappa shape index (κ3) is 6.30. The zero-order valence-electron chi connectivity index (χ0n) is 28.4. The second kappa shape index (κ2) is 13.4. The van der Waals surface area contributed by atoms with E-state index in [0.717, 1.165) is 44.5 Å². The lowest BCUT2D eigenvalue weighted by molar-refractivity contribution is -0.140. The van der Waals surface area contributed by atoms with Crippen LogP contribution in [0.4, 0.5) is 24.7 Å². The van der Waals surface area contributed by atoms with Crippen molar-refractivity contribution in [2.75, 3.05) is 51.0 Å². The van der Waals surface area contributed by atoms with Crippen LogP contribution in [0.15, 0.2) is 16.6 Å². The van der Waals surface area contributed by atoms with Crippen molar-refractivity contribution in [3.8, 4) is 17.9 Å². The minimum Gasteiger partial charge on any atom is -0.461 e. The highest BCUT2D eigenvalue weighted by molar-refractivity contribution is 9.10. The number of fused-ring (bicyclic) bond motifs is 3. The van der Waals surface area contributed by atoms with Gasteiger partial charge in [0.05, 0.1) is 46.2 Å². The lowest BCUT2D eigenvalue weighted by Crippen LogP contribution is -2.43. The van der Waals surface area contributed by atoms with E-state index in [1.807, 2.05) is 4.68 Å². The van der Waals surface area contributed by atoms with Crippen molar-refractivity contribution < 1.29 is 27.4 Å². The van der Waals surface area contributed by atoms with Crippen LogP contribution in [0.3, 0.4) is 0 Å².